The van der Waals surface area contributed by atoms with Gasteiger partial charge < -0.3 is 8.98 Å². The van der Waals surface area contributed by atoms with Crippen molar-refractivity contribution in [3.05, 3.63) is 47.2 Å². The second-order valence-corrected chi connectivity index (χ2v) is 10.2. The zero-order valence-corrected chi connectivity index (χ0v) is 20.4. The van der Waals surface area contributed by atoms with Crippen LogP contribution < -0.4 is 0 Å². The Balaban J connectivity index is 0.00000274. The molecular formula is C23H25ClF4N4OS. The van der Waals surface area contributed by atoms with Crippen LogP contribution in [0.4, 0.5) is 17.6 Å². The fraction of sp³-hybridized carbons (Fsp3) is 0.522. The number of nitrogens with zero attached hydrogens (tertiary/aromatic N) is 4. The maximum Gasteiger partial charge on any atom is 0.416 e. The van der Waals surface area contributed by atoms with Gasteiger partial charge in [0.2, 0.25) is 5.82 Å². The van der Waals surface area contributed by atoms with Crippen LogP contribution >= 0.6 is 24.2 Å². The number of oxazole rings is 1. The summed E-state index contributed by atoms with van der Waals surface area (Å²) in [4.78, 5) is 4.09. The van der Waals surface area contributed by atoms with E-state index in [-0.39, 0.29) is 17.8 Å². The molecule has 0 N–H and O–H groups in total. The van der Waals surface area contributed by atoms with Crippen LogP contribution in [0.5, 0.6) is 0 Å². The highest BCUT2D eigenvalue weighted by Gasteiger charge is 2.61. The number of alkyl halides is 3. The first-order valence-electron chi connectivity index (χ1n) is 11.0. The minimum absolute atomic E-state index is 0. The van der Waals surface area contributed by atoms with Gasteiger partial charge >= 0.3 is 6.18 Å². The summed E-state index contributed by atoms with van der Waals surface area (Å²) < 4.78 is 60.5. The van der Waals surface area contributed by atoms with E-state index in [1.165, 1.54) is 12.5 Å². The summed E-state index contributed by atoms with van der Waals surface area (Å²) in [6.07, 6.45) is 1.61. The predicted molar refractivity (Wildman–Crippen MR) is 122 cm³/mol. The first kappa shape index (κ1) is 25.0. The van der Waals surface area contributed by atoms with Crippen LogP contribution in [0.3, 0.4) is 0 Å². The SMILES string of the molecule is Cc1ncoc1-c1nnc(SCCCC2C[C@@H]3C[C@]3(c3ccc(C(F)(F)F)cc3F)C2)n1C.Cl. The van der Waals surface area contributed by atoms with Crippen molar-refractivity contribution in [3.8, 4) is 11.6 Å². The molecule has 2 saturated carbocycles. The molecule has 1 unspecified atom stereocenters. The van der Waals surface area contributed by atoms with Crippen molar-refractivity contribution in [1.29, 1.82) is 0 Å². The van der Waals surface area contributed by atoms with Gasteiger partial charge in [0.05, 0.1) is 11.3 Å². The summed E-state index contributed by atoms with van der Waals surface area (Å²) in [6, 6.07) is 3.03. The quantitative estimate of drug-likeness (QED) is 0.201. The third-order valence-corrected chi connectivity index (χ3v) is 8.21. The van der Waals surface area contributed by atoms with Crippen molar-refractivity contribution >= 4 is 24.2 Å². The molecule has 5 rings (SSSR count). The molecule has 0 aliphatic heterocycles. The number of aryl methyl sites for hydroxylation is 1. The van der Waals surface area contributed by atoms with Crippen LogP contribution in [-0.2, 0) is 18.6 Å². The Morgan fingerprint density at radius 2 is 2.03 bits per heavy atom. The molecule has 2 aliphatic rings. The predicted octanol–water partition coefficient (Wildman–Crippen LogP) is 6.60. The number of benzene rings is 1. The van der Waals surface area contributed by atoms with E-state index in [0.29, 0.717) is 35.1 Å². The molecular weight excluding hydrogens is 492 g/mol. The Hall–Kier alpha value is -2.07. The second-order valence-electron chi connectivity index (χ2n) is 9.18. The number of hydrogen-bond donors (Lipinski definition) is 0. The standard InChI is InChI=1S/C23H24F4N4OS.ClH/c1-13-19(32-12-28-13)20-29-30-21(31(20)2)33-7-3-4-14-8-16-11-22(16,10-14)17-6-5-15(9-18(17)24)23(25,26)27;/h5-6,9,12,14,16H,3-4,7-8,10-11H2,1-2H3;1H/t14?,16-,22-;/m1./s1. The van der Waals surface area contributed by atoms with Crippen LogP contribution in [0.15, 0.2) is 34.2 Å². The summed E-state index contributed by atoms with van der Waals surface area (Å²) in [5.41, 5.74) is 0.0423. The Morgan fingerprint density at radius 3 is 2.71 bits per heavy atom. The van der Waals surface area contributed by atoms with E-state index in [1.807, 2.05) is 18.5 Å². The molecule has 11 heteroatoms. The zero-order valence-electron chi connectivity index (χ0n) is 18.7. The third-order valence-electron chi connectivity index (χ3n) is 7.11. The monoisotopic (exact) mass is 516 g/mol. The van der Waals surface area contributed by atoms with Crippen LogP contribution in [0.25, 0.3) is 11.6 Å². The van der Waals surface area contributed by atoms with Crippen LogP contribution in [0.2, 0.25) is 0 Å². The molecule has 0 saturated heterocycles. The van der Waals surface area contributed by atoms with Gasteiger partial charge in [-0.25, -0.2) is 9.37 Å². The molecule has 2 aromatic heterocycles. The van der Waals surface area contributed by atoms with Crippen molar-refractivity contribution in [1.82, 2.24) is 19.7 Å². The first-order valence-corrected chi connectivity index (χ1v) is 12.0. The molecule has 0 radical (unpaired) electrons. The van der Waals surface area contributed by atoms with E-state index in [1.54, 1.807) is 11.8 Å². The first-order chi connectivity index (χ1) is 15.7. The van der Waals surface area contributed by atoms with E-state index in [2.05, 4.69) is 15.2 Å². The van der Waals surface area contributed by atoms with Gasteiger partial charge in [-0.05, 0) is 68.6 Å². The van der Waals surface area contributed by atoms with Crippen molar-refractivity contribution < 1.29 is 22.0 Å². The fourth-order valence-corrected chi connectivity index (χ4v) is 6.26. The summed E-state index contributed by atoms with van der Waals surface area (Å²) in [6.45, 7) is 1.86. The number of hydrogen-bond acceptors (Lipinski definition) is 5. The molecule has 0 bridgehead atoms. The fourth-order valence-electron chi connectivity index (χ4n) is 5.39. The Bertz CT molecular complexity index is 1180. The summed E-state index contributed by atoms with van der Waals surface area (Å²) in [5, 5.41) is 9.27. The lowest BCUT2D eigenvalue weighted by molar-refractivity contribution is -0.137. The van der Waals surface area contributed by atoms with E-state index >= 15 is 0 Å². The van der Waals surface area contributed by atoms with Crippen LogP contribution in [0, 0.1) is 24.6 Å². The lowest BCUT2D eigenvalue weighted by Gasteiger charge is -2.18. The number of aromatic nitrogens is 4. The van der Waals surface area contributed by atoms with Crippen molar-refractivity contribution in [3.63, 3.8) is 0 Å². The second kappa shape index (κ2) is 9.18. The lowest BCUT2D eigenvalue weighted by atomic mass is 9.88. The average Bonchev–Trinajstić information content (AvgIpc) is 3.06. The minimum Gasteiger partial charge on any atom is -0.440 e. The Morgan fingerprint density at radius 1 is 1.24 bits per heavy atom. The molecule has 2 fully saturated rings. The van der Waals surface area contributed by atoms with E-state index < -0.39 is 17.6 Å². The Kier molecular flexibility index (Phi) is 6.76. The number of fused-ring (bicyclic) bond motifs is 1. The molecule has 3 atom stereocenters. The van der Waals surface area contributed by atoms with Gasteiger partial charge in [0, 0.05) is 18.2 Å². The van der Waals surface area contributed by atoms with Gasteiger partial charge in [0.1, 0.15) is 5.82 Å². The summed E-state index contributed by atoms with van der Waals surface area (Å²) in [7, 11) is 1.90. The summed E-state index contributed by atoms with van der Waals surface area (Å²) in [5.74, 6) is 2.27. The Labute approximate surface area is 205 Å². The van der Waals surface area contributed by atoms with Gasteiger partial charge in [-0.15, -0.1) is 22.6 Å². The van der Waals surface area contributed by atoms with Crippen molar-refractivity contribution in [2.45, 2.75) is 55.8 Å². The topological polar surface area (TPSA) is 56.7 Å². The molecule has 2 heterocycles. The number of rotatable bonds is 7. The van der Waals surface area contributed by atoms with Gasteiger partial charge in [0.15, 0.2) is 17.3 Å². The number of halogens is 5. The molecule has 5 nitrogen and oxygen atoms in total. The van der Waals surface area contributed by atoms with E-state index in [0.717, 1.165) is 54.8 Å². The summed E-state index contributed by atoms with van der Waals surface area (Å²) >= 11 is 1.63. The van der Waals surface area contributed by atoms with Gasteiger partial charge in [-0.1, -0.05) is 17.8 Å². The van der Waals surface area contributed by atoms with Crippen molar-refractivity contribution in [2.24, 2.45) is 18.9 Å². The third kappa shape index (κ3) is 4.46. The molecule has 184 valence electrons. The lowest BCUT2D eigenvalue weighted by Crippen LogP contribution is -2.13. The average molecular weight is 517 g/mol. The highest BCUT2D eigenvalue weighted by atomic mass is 35.5. The number of thioether (sulfide) groups is 1. The van der Waals surface area contributed by atoms with Gasteiger partial charge in [-0.2, -0.15) is 13.2 Å². The highest BCUT2D eigenvalue weighted by Crippen LogP contribution is 2.67. The highest BCUT2D eigenvalue weighted by molar-refractivity contribution is 7.99. The largest absolute Gasteiger partial charge is 0.440 e. The zero-order chi connectivity index (χ0) is 23.4. The van der Waals surface area contributed by atoms with E-state index in [9.17, 15) is 17.6 Å². The van der Waals surface area contributed by atoms with Gasteiger partial charge in [0.25, 0.3) is 0 Å². The van der Waals surface area contributed by atoms with Crippen LogP contribution in [-0.4, -0.2) is 25.5 Å². The molecule has 0 amide bonds. The van der Waals surface area contributed by atoms with Crippen LogP contribution in [0.1, 0.15) is 48.9 Å². The van der Waals surface area contributed by atoms with E-state index in [4.69, 9.17) is 4.42 Å². The van der Waals surface area contributed by atoms with Crippen molar-refractivity contribution in [2.75, 3.05) is 5.75 Å². The maximum atomic E-state index is 14.6. The molecule has 3 aromatic rings. The van der Waals surface area contributed by atoms with Gasteiger partial charge in [-0.3, -0.25) is 0 Å². The molecule has 1 aromatic carbocycles. The normalized spacial score (nSPS) is 23.6. The molecule has 2 aliphatic carbocycles. The smallest absolute Gasteiger partial charge is 0.416 e. The maximum absolute atomic E-state index is 14.6. The minimum atomic E-state index is -4.52. The molecule has 0 spiro atoms. The molecule has 34 heavy (non-hydrogen) atoms.